The molecule has 1 N–H and O–H groups in total. The molecule has 0 saturated carbocycles. The number of nitriles is 1. The molecule has 2 nitrogen and oxygen atoms in total. The van der Waals surface area contributed by atoms with Crippen LogP contribution in [-0.2, 0) is 0 Å². The Kier molecular flexibility index (Phi) is 8.70. The van der Waals surface area contributed by atoms with E-state index in [2.05, 4.69) is 0 Å². The van der Waals surface area contributed by atoms with Gasteiger partial charge in [-0.05, 0) is 6.92 Å². The van der Waals surface area contributed by atoms with Crippen molar-refractivity contribution in [1.82, 2.24) is 0 Å². The van der Waals surface area contributed by atoms with Crippen LogP contribution in [0.2, 0.25) is 0 Å². The third-order valence-corrected chi connectivity index (χ3v) is 0.273. The molecule has 0 fully saturated rings. The van der Waals surface area contributed by atoms with Gasteiger partial charge in [-0.3, -0.25) is 0 Å². The molecule has 0 aliphatic rings. The van der Waals surface area contributed by atoms with Gasteiger partial charge in [0.25, 0.3) is 0 Å². The maximum absolute atomic E-state index is 8.19. The molecule has 33 valence electrons. The summed E-state index contributed by atoms with van der Waals surface area (Å²) in [4.78, 5) is 0. The number of aliphatic hydroxyl groups is 1. The third-order valence-electron chi connectivity index (χ3n) is 0.273. The topological polar surface area (TPSA) is 44.0 Å². The Morgan fingerprint density at radius 3 is 2.29 bits per heavy atom. The van der Waals surface area contributed by atoms with E-state index in [1.165, 1.54) is 6.92 Å². The van der Waals surface area contributed by atoms with Gasteiger partial charge in [-0.1, -0.05) is 0 Å². The van der Waals surface area contributed by atoms with Crippen LogP contribution in [-0.4, -0.2) is 34.7 Å². The summed E-state index contributed by atoms with van der Waals surface area (Å²) in [5.74, 6) is 0.0532. The van der Waals surface area contributed by atoms with Crippen molar-refractivity contribution in [2.45, 2.75) is 6.92 Å². The van der Waals surface area contributed by atoms with Crippen LogP contribution in [0.4, 0.5) is 0 Å². The fourth-order valence-electron chi connectivity index (χ4n) is 0.0934. The zero-order valence-electron chi connectivity index (χ0n) is 4.47. The van der Waals surface area contributed by atoms with E-state index in [0.29, 0.717) is 0 Å². The van der Waals surface area contributed by atoms with Crippen molar-refractivity contribution in [2.24, 2.45) is 0 Å². The molecule has 0 amide bonds. The summed E-state index contributed by atoms with van der Waals surface area (Å²) in [5.41, 5.74) is 0. The quantitative estimate of drug-likeness (QED) is 0.279. The number of allylic oxidation sites excluding steroid dienone is 2. The number of hydrogen-bond donors (Lipinski definition) is 1. The predicted octanol–water partition coefficient (Wildman–Crippen LogP) is 0.591. The van der Waals surface area contributed by atoms with Crippen LogP contribution < -0.4 is 0 Å². The summed E-state index contributed by atoms with van der Waals surface area (Å²) >= 11 is 0. The first-order valence-electron chi connectivity index (χ1n) is 1.52. The van der Waals surface area contributed by atoms with Gasteiger partial charge < -0.3 is 5.11 Å². The molecular weight excluding hydrogens is 101 g/mol. The minimum Gasteiger partial charge on any atom is -0.512 e. The minimum atomic E-state index is 0. The van der Waals surface area contributed by atoms with Gasteiger partial charge in [0.1, 0.15) is 0 Å². The van der Waals surface area contributed by atoms with E-state index in [9.17, 15) is 0 Å². The smallest absolute Gasteiger partial charge is 0.0996 e. The van der Waals surface area contributed by atoms with E-state index in [1.807, 2.05) is 0 Å². The average molecular weight is 106 g/mol. The second-order valence-corrected chi connectivity index (χ2v) is 0.915. The van der Waals surface area contributed by atoms with E-state index >= 15 is 0 Å². The van der Waals surface area contributed by atoms with Crippen LogP contribution in [0.3, 0.4) is 0 Å². The summed E-state index contributed by atoms with van der Waals surface area (Å²) in [7, 11) is 0. The van der Waals surface area contributed by atoms with Crippen molar-refractivity contribution in [3.8, 4) is 6.07 Å². The van der Waals surface area contributed by atoms with Crippen LogP contribution >= 0.6 is 0 Å². The van der Waals surface area contributed by atoms with Crippen molar-refractivity contribution in [3.05, 3.63) is 11.8 Å². The molecular formula is C4H5NNaO. The molecule has 0 aromatic rings. The van der Waals surface area contributed by atoms with E-state index in [4.69, 9.17) is 10.4 Å². The average Bonchev–Trinajstić information content (AvgIpc) is 1.35. The zero-order chi connectivity index (χ0) is 4.99. The fourth-order valence-corrected chi connectivity index (χ4v) is 0.0934. The Morgan fingerprint density at radius 1 is 1.86 bits per heavy atom. The molecule has 0 rings (SSSR count). The molecule has 0 bridgehead atoms. The van der Waals surface area contributed by atoms with Crippen molar-refractivity contribution in [1.29, 1.82) is 5.26 Å². The van der Waals surface area contributed by atoms with Gasteiger partial charge in [0.15, 0.2) is 0 Å². The van der Waals surface area contributed by atoms with Crippen molar-refractivity contribution < 1.29 is 5.11 Å². The second kappa shape index (κ2) is 6.03. The second-order valence-electron chi connectivity index (χ2n) is 0.915. The predicted molar refractivity (Wildman–Crippen MR) is 27.8 cm³/mol. The van der Waals surface area contributed by atoms with Crippen LogP contribution in [0, 0.1) is 11.3 Å². The number of aliphatic hydroxyl groups excluding tert-OH is 1. The van der Waals surface area contributed by atoms with E-state index in [0.717, 1.165) is 6.08 Å². The molecule has 0 aromatic heterocycles. The monoisotopic (exact) mass is 106 g/mol. The standard InChI is InChI=1S/C4H5NO.Na/c1-4(6)2-3-5;/h2,6H,1H3;/b4-2+;. The summed E-state index contributed by atoms with van der Waals surface area (Å²) in [5, 5.41) is 15.9. The van der Waals surface area contributed by atoms with Gasteiger partial charge in [-0.25, -0.2) is 0 Å². The number of hydrogen-bond acceptors (Lipinski definition) is 2. The van der Waals surface area contributed by atoms with Crippen LogP contribution in [0.25, 0.3) is 0 Å². The molecule has 0 saturated heterocycles. The van der Waals surface area contributed by atoms with Crippen LogP contribution in [0.5, 0.6) is 0 Å². The fraction of sp³-hybridized carbons (Fsp3) is 0.250. The van der Waals surface area contributed by atoms with Crippen molar-refractivity contribution in [3.63, 3.8) is 0 Å². The number of nitrogens with zero attached hydrogens (tertiary/aromatic N) is 1. The van der Waals surface area contributed by atoms with Gasteiger partial charge in [0.2, 0.25) is 0 Å². The summed E-state index contributed by atoms with van der Waals surface area (Å²) < 4.78 is 0. The SMILES string of the molecule is C/C(O)=C\C#N.[Na]. The Labute approximate surface area is 64.7 Å². The van der Waals surface area contributed by atoms with E-state index in [-0.39, 0.29) is 35.3 Å². The first kappa shape index (κ1) is 10.1. The van der Waals surface area contributed by atoms with Gasteiger partial charge in [0, 0.05) is 29.6 Å². The van der Waals surface area contributed by atoms with Gasteiger partial charge in [-0.15, -0.1) is 0 Å². The first-order chi connectivity index (χ1) is 2.77. The van der Waals surface area contributed by atoms with Gasteiger partial charge in [-0.2, -0.15) is 5.26 Å². The zero-order valence-corrected chi connectivity index (χ0v) is 6.47. The summed E-state index contributed by atoms with van der Waals surface area (Å²) in [6.45, 7) is 1.45. The molecule has 1 radical (unpaired) electrons. The number of rotatable bonds is 0. The summed E-state index contributed by atoms with van der Waals surface area (Å²) in [6.07, 6.45) is 1.07. The normalized spacial score (nSPS) is 8.86. The molecule has 7 heavy (non-hydrogen) atoms. The van der Waals surface area contributed by atoms with Crippen molar-refractivity contribution in [2.75, 3.05) is 0 Å². The Balaban J connectivity index is 0. The van der Waals surface area contributed by atoms with Gasteiger partial charge >= 0.3 is 0 Å². The molecule has 0 aromatic carbocycles. The summed E-state index contributed by atoms with van der Waals surface area (Å²) in [6, 6.07) is 1.66. The molecule has 0 atom stereocenters. The molecule has 0 aliphatic heterocycles. The van der Waals surface area contributed by atoms with E-state index in [1.54, 1.807) is 6.07 Å². The van der Waals surface area contributed by atoms with Crippen molar-refractivity contribution >= 4 is 29.6 Å². The Hall–Kier alpha value is 0.0300. The van der Waals surface area contributed by atoms with Gasteiger partial charge in [0.05, 0.1) is 17.9 Å². The maximum atomic E-state index is 8.19. The van der Waals surface area contributed by atoms with E-state index < -0.39 is 0 Å². The molecule has 0 heterocycles. The molecule has 0 unspecified atom stereocenters. The molecule has 3 heteroatoms. The third kappa shape index (κ3) is 10.7. The largest absolute Gasteiger partial charge is 0.512 e. The maximum Gasteiger partial charge on any atom is 0.0996 e. The first-order valence-corrected chi connectivity index (χ1v) is 1.52. The molecule has 0 spiro atoms. The van der Waals surface area contributed by atoms with Crippen LogP contribution in [0.1, 0.15) is 6.92 Å². The Bertz CT molecular complexity index is 98.7. The Morgan fingerprint density at radius 2 is 2.29 bits per heavy atom. The molecule has 0 aliphatic carbocycles. The minimum absolute atomic E-state index is 0. The van der Waals surface area contributed by atoms with Crippen LogP contribution in [0.15, 0.2) is 11.8 Å².